The average molecular weight is 1980 g/mol. The number of nitrogens with two attached hydrogens (primary N) is 1. The first-order valence-electron chi connectivity index (χ1n) is 45.4. The fourth-order valence-electron chi connectivity index (χ4n) is 17.3. The van der Waals surface area contributed by atoms with Crippen molar-refractivity contribution >= 4 is 105 Å². The quantitative estimate of drug-likeness (QED) is 0.0580. The maximum Gasteiger partial charge on any atom is 0.261 e. The maximum absolute atomic E-state index is 12.7. The van der Waals surface area contributed by atoms with Gasteiger partial charge in [0.15, 0.2) is 29.0 Å². The number of benzene rings is 4. The summed E-state index contributed by atoms with van der Waals surface area (Å²) in [7, 11) is -6.57. The molecule has 4 aromatic carbocycles. The van der Waals surface area contributed by atoms with Gasteiger partial charge >= 0.3 is 0 Å². The van der Waals surface area contributed by atoms with Crippen molar-refractivity contribution in [3.8, 4) is 11.4 Å². The van der Waals surface area contributed by atoms with Crippen molar-refractivity contribution in [1.82, 2.24) is 43.5 Å². The zero-order valence-corrected chi connectivity index (χ0v) is 83.7. The Hall–Kier alpha value is -11.8. The minimum Gasteiger partial charge on any atom is -0.382 e. The van der Waals surface area contributed by atoms with Crippen LogP contribution >= 0.6 is 0 Å². The molecule has 0 saturated heterocycles. The summed E-state index contributed by atoms with van der Waals surface area (Å²) in [5.74, 6) is 4.08. The van der Waals surface area contributed by atoms with Gasteiger partial charge in [0.1, 0.15) is 17.0 Å². The molecule has 0 bridgehead atoms. The monoisotopic (exact) mass is 1980 g/mol. The molecular weight excluding hydrogens is 1820 g/mol. The number of hydrogen-bond donors (Lipinski definition) is 4. The van der Waals surface area contributed by atoms with E-state index in [1.807, 2.05) is 56.0 Å². The summed E-state index contributed by atoms with van der Waals surface area (Å²) in [5.41, 5.74) is 18.7. The molecule has 0 spiro atoms. The topological polar surface area (TPSA) is 347 Å². The highest BCUT2D eigenvalue weighted by molar-refractivity contribution is 7.92. The molecule has 3 aromatic heterocycles. The first-order chi connectivity index (χ1) is 62.5. The summed E-state index contributed by atoms with van der Waals surface area (Å²) >= 11 is 0. The van der Waals surface area contributed by atoms with E-state index >= 15 is 0 Å². The second kappa shape index (κ2) is 53.7. The molecule has 6 aliphatic heterocycles. The molecule has 3 amide bonds. The van der Waals surface area contributed by atoms with Crippen LogP contribution in [0.25, 0.3) is 16.9 Å². The lowest BCUT2D eigenvalue weighted by molar-refractivity contribution is -0.117. The first kappa shape index (κ1) is 124. The van der Waals surface area contributed by atoms with Crippen molar-refractivity contribution in [2.24, 2.45) is 41.4 Å². The number of pyridine rings is 1. The van der Waals surface area contributed by atoms with Crippen LogP contribution in [0.2, 0.25) is 0 Å². The van der Waals surface area contributed by atoms with Crippen molar-refractivity contribution in [3.05, 3.63) is 251 Å². The zero-order valence-electron chi connectivity index (χ0n) is 81.3. The Labute approximate surface area is 839 Å². The Morgan fingerprint density at radius 3 is 1.56 bits per heavy atom. The van der Waals surface area contributed by atoms with Crippen molar-refractivity contribution in [1.29, 1.82) is 0 Å². The van der Waals surface area contributed by atoms with Crippen LogP contribution in [0.3, 0.4) is 0 Å². The number of nitrogens with one attached hydrogen (secondary N) is 3. The average Bonchev–Trinajstić information content (AvgIpc) is 1.61. The summed E-state index contributed by atoms with van der Waals surface area (Å²) in [6.45, 7) is 43.6. The number of carbonyl (C=O) groups is 7. The molecule has 3 aliphatic carbocycles. The van der Waals surface area contributed by atoms with Crippen LogP contribution in [0.5, 0.6) is 0 Å². The van der Waals surface area contributed by atoms with E-state index in [1.165, 1.54) is 38.8 Å². The number of nitrogens with zero attached hydrogens (tertiary/aromatic N) is 10. The number of likely N-dealkylation sites (N-methyl/N-ethyl adjacent to an activating group) is 2. The van der Waals surface area contributed by atoms with Gasteiger partial charge in [0.05, 0.1) is 38.5 Å². The zero-order chi connectivity index (χ0) is 98.3. The van der Waals surface area contributed by atoms with E-state index in [0.717, 1.165) is 50.7 Å². The molecule has 16 rings (SSSR count). The van der Waals surface area contributed by atoms with Gasteiger partial charge in [0.2, 0.25) is 37.8 Å². The standard InChI is InChI=1S/C19H22N2O3S.2C14H19NO.C13H11N5O.2C13H18N2O3S.C13H17NO.C4H10.7CH4/c1-13(2)18-12-21(14(3)22)19-10-9-16(11-17(18)19)25(23,24)20-15-7-5-4-6-8-15;1-9(2)11-5-6-12-13(10(3)16)8-15(4)14(12)7-11;1-9(2)11-6-5-7-12-13(10(3)16)8-15(4)14(11)12;1-8(19)13-17-10(9-4-2-3-5-15-9)11-12(14)16-6-7-18(11)13;1-9(2)14-19(17,18)12-4-5-13-11(8-12)6-7-15(13)10(3)16;1-9(2)14-19(17,18)13-6-4-5-12-11(13)7-8-15(12)10(3)16;1-9(2)14-8-12(10(3)15)11-6-4-5-7-13(11)14;1-4(2)3;;;;;;;/h4-11,13,18,20H,12H2,1-3H3;2*5-9,12,14H,1-4H3;2-7H,1H3,(H2,14,16);4-5,8-9,14H,6-7H2,1-3H3;4-6,9,14H,7-8H2,1-3H3;4-9,11,13H,1-3H3;4H,1-3H3;7*1H4. The van der Waals surface area contributed by atoms with Crippen LogP contribution in [0.1, 0.15) is 238 Å². The number of aromatic nitrogens is 4. The molecule has 768 valence electrons. The second-order valence-electron chi connectivity index (χ2n) is 36.9. The largest absolute Gasteiger partial charge is 0.382 e. The van der Waals surface area contributed by atoms with Crippen LogP contribution < -0.4 is 34.6 Å². The lowest BCUT2D eigenvalue weighted by atomic mass is 9.80. The smallest absolute Gasteiger partial charge is 0.261 e. The van der Waals surface area contributed by atoms with Gasteiger partial charge in [-0.3, -0.25) is 47.7 Å². The molecule has 7 unspecified atom stereocenters. The number of rotatable bonds is 18. The van der Waals surface area contributed by atoms with Crippen LogP contribution in [0, 0.1) is 41.4 Å². The number of sulfonamides is 3. The number of Topliss-reactive ketones (excluding diaryl/α,β-unsaturated/α-hetero) is 4. The highest BCUT2D eigenvalue weighted by Crippen LogP contribution is 2.44. The van der Waals surface area contributed by atoms with Crippen molar-refractivity contribution < 1.29 is 58.8 Å². The number of para-hydroxylation sites is 1. The summed E-state index contributed by atoms with van der Waals surface area (Å²) < 4.78 is 83.4. The normalized spacial score (nSPS) is 18.2. The summed E-state index contributed by atoms with van der Waals surface area (Å²) in [5, 5.41) is 0. The number of fused-ring (bicyclic) bond motifs is 7. The third-order valence-corrected chi connectivity index (χ3v) is 28.3. The van der Waals surface area contributed by atoms with E-state index in [2.05, 4.69) is 182 Å². The summed E-state index contributed by atoms with van der Waals surface area (Å²) in [6, 6.07) is 30.4. The summed E-state index contributed by atoms with van der Waals surface area (Å²) in [4.78, 5) is 106. The highest BCUT2D eigenvalue weighted by Gasteiger charge is 2.41. The molecule has 0 saturated carbocycles. The Morgan fingerprint density at radius 2 is 1.02 bits per heavy atom. The third-order valence-electron chi connectivity index (χ3n) is 23.5. The van der Waals surface area contributed by atoms with Crippen molar-refractivity contribution in [2.75, 3.05) is 58.9 Å². The van der Waals surface area contributed by atoms with Gasteiger partial charge in [-0.1, -0.05) is 205 Å². The Bertz CT molecular complexity index is 6120. The van der Waals surface area contributed by atoms with Gasteiger partial charge in [-0.25, -0.2) is 44.7 Å². The van der Waals surface area contributed by atoms with Crippen molar-refractivity contribution in [3.63, 3.8) is 0 Å². The van der Waals surface area contributed by atoms with E-state index in [0.29, 0.717) is 114 Å². The number of ketones is 4. The van der Waals surface area contributed by atoms with E-state index in [1.54, 1.807) is 165 Å². The number of imidazole rings is 1. The number of allylic oxidation sites excluding steroid dienone is 6. The number of hydrogen-bond acceptors (Lipinski definition) is 20. The van der Waals surface area contributed by atoms with Crippen molar-refractivity contribution in [2.45, 2.75) is 274 Å². The molecule has 9 heterocycles. The minimum atomic E-state index is -3.68. The third kappa shape index (κ3) is 30.4. The highest BCUT2D eigenvalue weighted by atomic mass is 32.2. The molecule has 0 radical (unpaired) electrons. The first-order valence-corrected chi connectivity index (χ1v) is 49.9. The molecular formula is C110H162N14O13S3. The lowest BCUT2D eigenvalue weighted by Crippen LogP contribution is -2.35. The van der Waals surface area contributed by atoms with E-state index in [9.17, 15) is 58.8 Å². The van der Waals surface area contributed by atoms with E-state index < -0.39 is 30.1 Å². The predicted octanol–water partition coefficient (Wildman–Crippen LogP) is 21.2. The number of carbonyl (C=O) groups excluding carboxylic acids is 7. The van der Waals surface area contributed by atoms with Gasteiger partial charge in [-0.2, -0.15) is 0 Å². The summed E-state index contributed by atoms with van der Waals surface area (Å²) in [6.07, 6.45) is 33.6. The van der Waals surface area contributed by atoms with Gasteiger partial charge in [0.25, 0.3) is 10.0 Å². The van der Waals surface area contributed by atoms with Gasteiger partial charge in [0, 0.05) is 180 Å². The molecule has 7 aromatic rings. The van der Waals surface area contributed by atoms with Crippen LogP contribution in [-0.2, 0) is 71.7 Å². The molecule has 27 nitrogen and oxygen atoms in total. The van der Waals surface area contributed by atoms with Crippen LogP contribution in [0.15, 0.2) is 244 Å². The maximum atomic E-state index is 12.7. The fraction of sp³-hybridized carbons (Fsp3) is 0.455. The van der Waals surface area contributed by atoms with Gasteiger partial charge < -0.3 is 35.1 Å². The Kier molecular flexibility index (Phi) is 47.6. The number of nitrogen functional groups attached to an aromatic ring is 1. The lowest BCUT2D eigenvalue weighted by Gasteiger charge is -2.32. The minimum absolute atomic E-state index is 0. The van der Waals surface area contributed by atoms with Gasteiger partial charge in [-0.05, 0) is 199 Å². The molecule has 5 N–H and O–H groups in total. The Balaban J connectivity index is 0.000000547. The SMILES string of the molecule is C.C.C.C.C.C.C.CC(=O)C1=CN(C(C)C)C2C=CC=CC12.CC(=O)C1=CN(C)C2C(C(C)C)=CC=CC12.CC(=O)C1=CN(C)C2C=C(C(C)C)C=CC12.CC(=O)N1CC(C(C)C)c2cc(S(=O)(=O)Nc3ccccc3)ccc21.CC(=O)N1CCc2c1cccc2S(=O)(=O)NC(C)C.CC(=O)N1CCc2cc(S(=O)(=O)NC(C)C)ccc21.CC(=O)c1nc(-c2ccccn2)c2c(N)nccn12.CC(C)C. The number of anilines is 5. The predicted molar refractivity (Wildman–Crippen MR) is 578 cm³/mol. The molecule has 30 heteroatoms. The van der Waals surface area contributed by atoms with E-state index in [-0.39, 0.29) is 143 Å². The molecule has 7 atom stereocenters. The molecule has 0 fully saturated rings. The van der Waals surface area contributed by atoms with E-state index in [4.69, 9.17) is 5.73 Å². The number of amides is 3. The van der Waals surface area contributed by atoms with Crippen LogP contribution in [0.4, 0.5) is 28.6 Å². The second-order valence-corrected chi connectivity index (χ2v) is 42.0. The fourth-order valence-corrected chi connectivity index (χ4v) is 21.2. The molecule has 140 heavy (non-hydrogen) atoms. The molecule has 9 aliphatic rings. The Morgan fingerprint density at radius 1 is 0.493 bits per heavy atom. The van der Waals surface area contributed by atoms with Crippen LogP contribution in [-0.4, -0.2) is 170 Å². The van der Waals surface area contributed by atoms with Gasteiger partial charge in [-0.15, -0.1) is 0 Å².